The first kappa shape index (κ1) is 15.2. The molecule has 0 radical (unpaired) electrons. The van der Waals surface area contributed by atoms with E-state index in [1.807, 2.05) is 26.0 Å². The number of hydrogen-bond acceptors (Lipinski definition) is 2. The van der Waals surface area contributed by atoms with Crippen LogP contribution in [0, 0.1) is 13.8 Å². The van der Waals surface area contributed by atoms with Crippen LogP contribution in [0.2, 0.25) is 0 Å². The summed E-state index contributed by atoms with van der Waals surface area (Å²) < 4.78 is 27.8. The molecule has 0 aliphatic carbocycles. The Labute approximate surface area is 128 Å². The molecule has 0 unspecified atom stereocenters. The van der Waals surface area contributed by atoms with Gasteiger partial charge in [0.2, 0.25) is 10.0 Å². The van der Waals surface area contributed by atoms with E-state index in [2.05, 4.69) is 26.7 Å². The minimum absolute atomic E-state index is 0.260. The van der Waals surface area contributed by atoms with E-state index in [9.17, 15) is 8.42 Å². The Balaban J connectivity index is 2.17. The average Bonchev–Trinajstić information content (AvgIpc) is 2.35. The second-order valence-electron chi connectivity index (χ2n) is 4.78. The van der Waals surface area contributed by atoms with Crippen molar-refractivity contribution in [2.24, 2.45) is 0 Å². The molecule has 2 aromatic carbocycles. The largest absolute Gasteiger partial charge is 0.240 e. The Morgan fingerprint density at radius 1 is 1.05 bits per heavy atom. The topological polar surface area (TPSA) is 46.2 Å². The summed E-state index contributed by atoms with van der Waals surface area (Å²) in [5.74, 6) is 0. The number of sulfonamides is 1. The molecule has 5 heteroatoms. The molecule has 0 aliphatic rings. The summed E-state index contributed by atoms with van der Waals surface area (Å²) in [5, 5.41) is 0. The van der Waals surface area contributed by atoms with E-state index in [0.717, 1.165) is 21.2 Å². The molecule has 0 saturated heterocycles. The van der Waals surface area contributed by atoms with Gasteiger partial charge >= 0.3 is 0 Å². The highest BCUT2D eigenvalue weighted by molar-refractivity contribution is 9.10. The molecule has 20 heavy (non-hydrogen) atoms. The lowest BCUT2D eigenvalue weighted by Crippen LogP contribution is -2.23. The van der Waals surface area contributed by atoms with Crippen molar-refractivity contribution in [2.75, 3.05) is 0 Å². The number of halogens is 1. The maximum atomic E-state index is 12.2. The van der Waals surface area contributed by atoms with Gasteiger partial charge in [-0.1, -0.05) is 51.3 Å². The zero-order valence-electron chi connectivity index (χ0n) is 11.4. The number of rotatable bonds is 4. The summed E-state index contributed by atoms with van der Waals surface area (Å²) in [6, 6.07) is 12.7. The SMILES string of the molecule is Cc1cc(C)cc(CNS(=O)(=O)c2cccc(Br)c2)c1. The van der Waals surface area contributed by atoms with Crippen molar-refractivity contribution in [3.63, 3.8) is 0 Å². The monoisotopic (exact) mass is 353 g/mol. The Bertz CT molecular complexity index is 706. The van der Waals surface area contributed by atoms with Crippen LogP contribution >= 0.6 is 15.9 Å². The maximum absolute atomic E-state index is 12.2. The average molecular weight is 354 g/mol. The normalized spacial score (nSPS) is 11.6. The molecule has 0 amide bonds. The second-order valence-corrected chi connectivity index (χ2v) is 7.46. The highest BCUT2D eigenvalue weighted by Crippen LogP contribution is 2.16. The second kappa shape index (κ2) is 6.08. The number of nitrogens with one attached hydrogen (secondary N) is 1. The molecule has 2 rings (SSSR count). The van der Waals surface area contributed by atoms with Crippen LogP contribution in [0.3, 0.4) is 0 Å². The molecule has 0 aromatic heterocycles. The highest BCUT2D eigenvalue weighted by atomic mass is 79.9. The molecule has 0 heterocycles. The number of benzene rings is 2. The third-order valence-electron chi connectivity index (χ3n) is 2.85. The predicted octanol–water partition coefficient (Wildman–Crippen LogP) is 3.54. The van der Waals surface area contributed by atoms with Crippen LogP contribution in [0.5, 0.6) is 0 Å². The Kier molecular flexibility index (Phi) is 4.62. The van der Waals surface area contributed by atoms with E-state index in [-0.39, 0.29) is 11.4 Å². The first-order valence-corrected chi connectivity index (χ1v) is 8.47. The van der Waals surface area contributed by atoms with Gasteiger partial charge in [0.1, 0.15) is 0 Å². The number of aryl methyl sites for hydroxylation is 2. The molecule has 0 bridgehead atoms. The summed E-state index contributed by atoms with van der Waals surface area (Å²) in [4.78, 5) is 0.260. The zero-order chi connectivity index (χ0) is 14.8. The summed E-state index contributed by atoms with van der Waals surface area (Å²) in [5.41, 5.74) is 3.21. The standard InChI is InChI=1S/C15H16BrNO2S/c1-11-6-12(2)8-13(7-11)10-17-20(18,19)15-5-3-4-14(16)9-15/h3-9,17H,10H2,1-2H3. The van der Waals surface area contributed by atoms with Gasteiger partial charge in [-0.2, -0.15) is 0 Å². The van der Waals surface area contributed by atoms with Crippen molar-refractivity contribution >= 4 is 26.0 Å². The van der Waals surface area contributed by atoms with Crippen molar-refractivity contribution in [1.29, 1.82) is 0 Å². The van der Waals surface area contributed by atoms with Crippen LogP contribution in [0.25, 0.3) is 0 Å². The molecule has 0 saturated carbocycles. The van der Waals surface area contributed by atoms with E-state index < -0.39 is 10.0 Å². The quantitative estimate of drug-likeness (QED) is 0.913. The third kappa shape index (κ3) is 3.91. The van der Waals surface area contributed by atoms with Gasteiger partial charge in [0.15, 0.2) is 0 Å². The molecular formula is C15H16BrNO2S. The minimum atomic E-state index is -3.49. The molecule has 0 atom stereocenters. The maximum Gasteiger partial charge on any atom is 0.240 e. The lowest BCUT2D eigenvalue weighted by molar-refractivity contribution is 0.581. The van der Waals surface area contributed by atoms with Gasteiger partial charge in [-0.25, -0.2) is 13.1 Å². The van der Waals surface area contributed by atoms with Crippen molar-refractivity contribution in [3.05, 3.63) is 63.6 Å². The summed E-state index contributed by atoms with van der Waals surface area (Å²) in [6.45, 7) is 4.29. The van der Waals surface area contributed by atoms with Crippen LogP contribution in [-0.4, -0.2) is 8.42 Å². The van der Waals surface area contributed by atoms with E-state index in [1.165, 1.54) is 0 Å². The summed E-state index contributed by atoms with van der Waals surface area (Å²) >= 11 is 3.28. The lowest BCUT2D eigenvalue weighted by atomic mass is 10.1. The molecule has 106 valence electrons. The van der Waals surface area contributed by atoms with Gasteiger partial charge in [0.25, 0.3) is 0 Å². The smallest absolute Gasteiger partial charge is 0.207 e. The first-order chi connectivity index (χ1) is 9.37. The fourth-order valence-electron chi connectivity index (χ4n) is 2.07. The van der Waals surface area contributed by atoms with E-state index in [4.69, 9.17) is 0 Å². The molecule has 3 nitrogen and oxygen atoms in total. The first-order valence-electron chi connectivity index (χ1n) is 6.19. The molecular weight excluding hydrogens is 338 g/mol. The van der Waals surface area contributed by atoms with Crippen LogP contribution < -0.4 is 4.72 Å². The summed E-state index contributed by atoms with van der Waals surface area (Å²) in [7, 11) is -3.49. The number of hydrogen-bond donors (Lipinski definition) is 1. The molecule has 1 N–H and O–H groups in total. The molecule has 0 aliphatic heterocycles. The summed E-state index contributed by atoms with van der Waals surface area (Å²) in [6.07, 6.45) is 0. The fraction of sp³-hybridized carbons (Fsp3) is 0.200. The Morgan fingerprint density at radius 2 is 1.70 bits per heavy atom. The third-order valence-corrected chi connectivity index (χ3v) is 4.75. The molecule has 2 aromatic rings. The van der Waals surface area contributed by atoms with Gasteiger partial charge in [-0.3, -0.25) is 0 Å². The van der Waals surface area contributed by atoms with E-state index >= 15 is 0 Å². The fourth-order valence-corrected chi connectivity index (χ4v) is 3.68. The highest BCUT2D eigenvalue weighted by Gasteiger charge is 2.13. The van der Waals surface area contributed by atoms with Crippen LogP contribution in [-0.2, 0) is 16.6 Å². The van der Waals surface area contributed by atoms with Gasteiger partial charge in [0, 0.05) is 11.0 Å². The molecule has 0 fully saturated rings. The van der Waals surface area contributed by atoms with Gasteiger partial charge in [0.05, 0.1) is 4.90 Å². The zero-order valence-corrected chi connectivity index (χ0v) is 13.8. The lowest BCUT2D eigenvalue weighted by Gasteiger charge is -2.08. The van der Waals surface area contributed by atoms with Gasteiger partial charge in [-0.05, 0) is 37.6 Å². The minimum Gasteiger partial charge on any atom is -0.207 e. The van der Waals surface area contributed by atoms with E-state index in [0.29, 0.717) is 0 Å². The predicted molar refractivity (Wildman–Crippen MR) is 84.1 cm³/mol. The van der Waals surface area contributed by atoms with Crippen molar-refractivity contribution in [3.8, 4) is 0 Å². The van der Waals surface area contributed by atoms with Crippen LogP contribution in [0.4, 0.5) is 0 Å². The molecule has 0 spiro atoms. The van der Waals surface area contributed by atoms with E-state index in [1.54, 1.807) is 24.3 Å². The van der Waals surface area contributed by atoms with Gasteiger partial charge < -0.3 is 0 Å². The van der Waals surface area contributed by atoms with Crippen LogP contribution in [0.1, 0.15) is 16.7 Å². The Morgan fingerprint density at radius 3 is 2.30 bits per heavy atom. The Hall–Kier alpha value is -1.17. The van der Waals surface area contributed by atoms with Crippen LogP contribution in [0.15, 0.2) is 51.8 Å². The van der Waals surface area contributed by atoms with Crippen molar-refractivity contribution in [1.82, 2.24) is 4.72 Å². The van der Waals surface area contributed by atoms with Crippen molar-refractivity contribution < 1.29 is 8.42 Å². The van der Waals surface area contributed by atoms with Gasteiger partial charge in [-0.15, -0.1) is 0 Å². The van der Waals surface area contributed by atoms with Crippen molar-refractivity contribution in [2.45, 2.75) is 25.3 Å².